The van der Waals surface area contributed by atoms with E-state index in [1.165, 1.54) is 6.33 Å². The number of aryl methyl sites for hydroxylation is 1. The fraction of sp³-hybridized carbons (Fsp3) is 0.467. The van der Waals surface area contributed by atoms with E-state index in [9.17, 15) is 22.0 Å². The fourth-order valence-corrected chi connectivity index (χ4v) is 2.98. The van der Waals surface area contributed by atoms with Gasteiger partial charge in [-0.2, -0.15) is 8.78 Å². The number of nitrogens with zero attached hydrogens (tertiary/aromatic N) is 3. The van der Waals surface area contributed by atoms with Crippen LogP contribution in [0.3, 0.4) is 0 Å². The van der Waals surface area contributed by atoms with Crippen LogP contribution in [0, 0.1) is 34.5 Å². The van der Waals surface area contributed by atoms with Gasteiger partial charge in [-0.15, -0.1) is 0 Å². The van der Waals surface area contributed by atoms with Gasteiger partial charge in [0, 0.05) is 11.5 Å². The van der Waals surface area contributed by atoms with Gasteiger partial charge in [-0.1, -0.05) is 25.5 Å². The molecule has 1 aromatic carbocycles. The quantitative estimate of drug-likeness (QED) is 0.340. The van der Waals surface area contributed by atoms with Gasteiger partial charge in [-0.3, -0.25) is 0 Å². The molecule has 0 radical (unpaired) electrons. The number of hydrogen-bond donors (Lipinski definition) is 0. The Bertz CT molecular complexity index is 762. The molecule has 0 saturated carbocycles. The van der Waals surface area contributed by atoms with E-state index < -0.39 is 34.8 Å². The van der Waals surface area contributed by atoms with Gasteiger partial charge in [0.15, 0.2) is 0 Å². The molecule has 1 aromatic heterocycles. The SMILES string of the molecule is CC(C)(C)[C@H]1CCc2nn(-c3c(F)c(F)c(F)c(F)c3F)c[n+]21. The largest absolute Gasteiger partial charge is 0.278 e. The lowest BCUT2D eigenvalue weighted by atomic mass is 9.85. The van der Waals surface area contributed by atoms with Gasteiger partial charge in [0.25, 0.3) is 5.82 Å². The predicted molar refractivity (Wildman–Crippen MR) is 70.4 cm³/mol. The van der Waals surface area contributed by atoms with Crippen molar-refractivity contribution in [1.82, 2.24) is 9.78 Å². The van der Waals surface area contributed by atoms with Crippen LogP contribution in [0.1, 0.15) is 39.1 Å². The molecular weight excluding hydrogens is 317 g/mol. The topological polar surface area (TPSA) is 21.7 Å². The zero-order chi connectivity index (χ0) is 17.1. The molecule has 0 aliphatic carbocycles. The molecule has 0 fully saturated rings. The minimum atomic E-state index is -2.18. The highest BCUT2D eigenvalue weighted by Gasteiger charge is 2.40. The molecule has 0 unspecified atom stereocenters. The van der Waals surface area contributed by atoms with Crippen LogP contribution >= 0.6 is 0 Å². The molecule has 3 rings (SSSR count). The Hall–Kier alpha value is -1.99. The van der Waals surface area contributed by atoms with Crippen LogP contribution in [0.2, 0.25) is 0 Å². The maximum Gasteiger partial charge on any atom is 0.278 e. The Morgan fingerprint density at radius 3 is 2.04 bits per heavy atom. The van der Waals surface area contributed by atoms with Crippen molar-refractivity contribution in [3.05, 3.63) is 41.2 Å². The molecule has 8 heteroatoms. The van der Waals surface area contributed by atoms with Crippen LogP contribution in [-0.4, -0.2) is 9.78 Å². The molecule has 2 aromatic rings. The van der Waals surface area contributed by atoms with Crippen molar-refractivity contribution in [3.8, 4) is 5.69 Å². The van der Waals surface area contributed by atoms with Gasteiger partial charge in [0.2, 0.25) is 41.1 Å². The van der Waals surface area contributed by atoms with Crippen molar-refractivity contribution >= 4 is 0 Å². The number of fused-ring (bicyclic) bond motifs is 1. The van der Waals surface area contributed by atoms with Gasteiger partial charge >= 0.3 is 0 Å². The van der Waals surface area contributed by atoms with E-state index in [0.717, 1.165) is 11.1 Å². The number of halogens is 5. The fourth-order valence-electron chi connectivity index (χ4n) is 2.98. The highest BCUT2D eigenvalue weighted by atomic mass is 19.2. The zero-order valence-corrected chi connectivity index (χ0v) is 12.8. The third-order valence-electron chi connectivity index (χ3n) is 4.15. The van der Waals surface area contributed by atoms with E-state index in [-0.39, 0.29) is 11.5 Å². The molecule has 124 valence electrons. The number of aromatic nitrogens is 3. The van der Waals surface area contributed by atoms with E-state index >= 15 is 0 Å². The van der Waals surface area contributed by atoms with Gasteiger partial charge < -0.3 is 0 Å². The lowest BCUT2D eigenvalue weighted by Gasteiger charge is -2.24. The smallest absolute Gasteiger partial charge is 0.231 e. The molecule has 0 amide bonds. The second kappa shape index (κ2) is 5.01. The summed E-state index contributed by atoms with van der Waals surface area (Å²) in [4.78, 5) is 0. The summed E-state index contributed by atoms with van der Waals surface area (Å²) < 4.78 is 70.1. The first-order valence-corrected chi connectivity index (χ1v) is 7.14. The van der Waals surface area contributed by atoms with E-state index in [1.54, 1.807) is 4.57 Å². The summed E-state index contributed by atoms with van der Waals surface area (Å²) in [6, 6.07) is 0.0347. The van der Waals surface area contributed by atoms with Crippen molar-refractivity contribution < 1.29 is 26.5 Å². The first kappa shape index (κ1) is 15.9. The van der Waals surface area contributed by atoms with E-state index in [0.29, 0.717) is 12.2 Å². The van der Waals surface area contributed by atoms with Gasteiger partial charge in [-0.05, 0) is 11.8 Å². The van der Waals surface area contributed by atoms with Crippen LogP contribution in [0.15, 0.2) is 6.33 Å². The molecule has 0 bridgehead atoms. The van der Waals surface area contributed by atoms with E-state index in [4.69, 9.17) is 0 Å². The van der Waals surface area contributed by atoms with Gasteiger partial charge in [0.1, 0.15) is 0 Å². The Balaban J connectivity index is 2.17. The minimum absolute atomic E-state index is 0.0347. The summed E-state index contributed by atoms with van der Waals surface area (Å²) in [6.07, 6.45) is 2.67. The summed E-state index contributed by atoms with van der Waals surface area (Å²) in [5.74, 6) is -9.37. The Kier molecular flexibility index (Phi) is 3.46. The third kappa shape index (κ3) is 2.31. The molecule has 0 saturated heterocycles. The normalized spacial score (nSPS) is 17.7. The van der Waals surface area contributed by atoms with Crippen molar-refractivity contribution in [2.45, 2.75) is 39.7 Å². The third-order valence-corrected chi connectivity index (χ3v) is 4.15. The van der Waals surface area contributed by atoms with Crippen LogP contribution in [0.25, 0.3) is 5.69 Å². The predicted octanol–water partition coefficient (Wildman–Crippen LogP) is 3.39. The molecule has 3 nitrogen and oxygen atoms in total. The van der Waals surface area contributed by atoms with Crippen LogP contribution in [0.5, 0.6) is 0 Å². The van der Waals surface area contributed by atoms with Crippen molar-refractivity contribution in [1.29, 1.82) is 0 Å². The Morgan fingerprint density at radius 2 is 1.52 bits per heavy atom. The first-order chi connectivity index (χ1) is 10.6. The average molecular weight is 332 g/mol. The Morgan fingerprint density at radius 1 is 1.00 bits per heavy atom. The highest BCUT2D eigenvalue weighted by Crippen LogP contribution is 2.34. The van der Waals surface area contributed by atoms with Gasteiger partial charge in [-0.25, -0.2) is 17.7 Å². The molecule has 23 heavy (non-hydrogen) atoms. The van der Waals surface area contributed by atoms with Crippen LogP contribution in [0.4, 0.5) is 22.0 Å². The molecule has 1 aliphatic heterocycles. The second-order valence-electron chi connectivity index (χ2n) is 6.72. The monoisotopic (exact) mass is 332 g/mol. The second-order valence-corrected chi connectivity index (χ2v) is 6.72. The Labute approximate surface area is 129 Å². The molecule has 0 spiro atoms. The molecular formula is C15H15F5N3+. The van der Waals surface area contributed by atoms with E-state index in [1.807, 2.05) is 20.8 Å². The van der Waals surface area contributed by atoms with E-state index in [2.05, 4.69) is 5.10 Å². The molecule has 1 aliphatic rings. The number of rotatable bonds is 1. The molecule has 2 heterocycles. The zero-order valence-electron chi connectivity index (χ0n) is 12.8. The van der Waals surface area contributed by atoms with Crippen molar-refractivity contribution in [2.75, 3.05) is 0 Å². The maximum absolute atomic E-state index is 13.9. The van der Waals surface area contributed by atoms with Crippen LogP contribution in [-0.2, 0) is 6.42 Å². The van der Waals surface area contributed by atoms with Crippen molar-refractivity contribution in [2.24, 2.45) is 5.41 Å². The maximum atomic E-state index is 13.9. The summed E-state index contributed by atoms with van der Waals surface area (Å²) in [7, 11) is 0. The van der Waals surface area contributed by atoms with Crippen LogP contribution < -0.4 is 4.57 Å². The lowest BCUT2D eigenvalue weighted by molar-refractivity contribution is -0.729. The summed E-state index contributed by atoms with van der Waals surface area (Å²) in [5, 5.41) is 4.00. The minimum Gasteiger partial charge on any atom is -0.231 e. The van der Waals surface area contributed by atoms with Crippen molar-refractivity contribution in [3.63, 3.8) is 0 Å². The summed E-state index contributed by atoms with van der Waals surface area (Å²) in [5.41, 5.74) is -1.18. The summed E-state index contributed by atoms with van der Waals surface area (Å²) in [6.45, 7) is 6.03. The summed E-state index contributed by atoms with van der Waals surface area (Å²) >= 11 is 0. The lowest BCUT2D eigenvalue weighted by Crippen LogP contribution is -2.43. The molecule has 1 atom stereocenters. The standard InChI is InChI=1S/C15H15F5N3/c1-15(2,3)7-4-5-8-21-23(6-22(7)8)14-12(19)10(17)9(16)11(18)13(14)20/h6-7H,4-5H2,1-3H3/q+1/t7-/m1/s1. The highest BCUT2D eigenvalue weighted by molar-refractivity contribution is 5.36. The number of hydrogen-bond acceptors (Lipinski definition) is 1. The average Bonchev–Trinajstić information content (AvgIpc) is 3.02. The molecule has 0 N–H and O–H groups in total. The number of benzene rings is 1. The van der Waals surface area contributed by atoms with Gasteiger partial charge in [0.05, 0.1) is 6.04 Å². The first-order valence-electron chi connectivity index (χ1n) is 7.14.